The van der Waals surface area contributed by atoms with Crippen molar-refractivity contribution in [3.8, 4) is 0 Å². The highest BCUT2D eigenvalue weighted by Gasteiger charge is 2.12. The first-order valence-corrected chi connectivity index (χ1v) is 7.55. The zero-order valence-electron chi connectivity index (χ0n) is 13.2. The van der Waals surface area contributed by atoms with Gasteiger partial charge in [0.1, 0.15) is 12.2 Å². The van der Waals surface area contributed by atoms with E-state index in [4.69, 9.17) is 5.73 Å². The van der Waals surface area contributed by atoms with Crippen LogP contribution in [-0.4, -0.2) is 26.2 Å². The third-order valence-corrected chi connectivity index (χ3v) is 3.43. The minimum Gasteiger partial charge on any atom is -0.399 e. The molecule has 0 amide bonds. The second-order valence-electron chi connectivity index (χ2n) is 5.67. The van der Waals surface area contributed by atoms with E-state index in [1.54, 1.807) is 6.33 Å². The Morgan fingerprint density at radius 3 is 2.52 bits per heavy atom. The molecule has 1 aromatic carbocycles. The third kappa shape index (κ3) is 4.29. The molecule has 114 valence electrons. The van der Waals surface area contributed by atoms with Gasteiger partial charge in [-0.25, -0.2) is 9.67 Å². The molecule has 5 nitrogen and oxygen atoms in total. The highest BCUT2D eigenvalue weighted by atomic mass is 15.4. The van der Waals surface area contributed by atoms with E-state index >= 15 is 0 Å². The van der Waals surface area contributed by atoms with Crippen LogP contribution in [0.15, 0.2) is 30.6 Å². The van der Waals surface area contributed by atoms with Crippen LogP contribution in [0.3, 0.4) is 0 Å². The predicted molar refractivity (Wildman–Crippen MR) is 85.7 cm³/mol. The predicted octanol–water partition coefficient (Wildman–Crippen LogP) is 2.85. The quantitative estimate of drug-likeness (QED) is 0.795. The SMILES string of the molecule is CCCN(Cc1ccc(N)cc1)Cc1ncnn1C(C)C. The van der Waals surface area contributed by atoms with Crippen molar-refractivity contribution < 1.29 is 0 Å². The second kappa shape index (κ2) is 7.22. The molecular formula is C16H25N5. The van der Waals surface area contributed by atoms with Gasteiger partial charge in [-0.15, -0.1) is 0 Å². The smallest absolute Gasteiger partial charge is 0.141 e. The van der Waals surface area contributed by atoms with Gasteiger partial charge in [-0.1, -0.05) is 19.1 Å². The van der Waals surface area contributed by atoms with Crippen molar-refractivity contribution in [2.75, 3.05) is 12.3 Å². The topological polar surface area (TPSA) is 60.0 Å². The summed E-state index contributed by atoms with van der Waals surface area (Å²) in [5, 5.41) is 4.31. The van der Waals surface area contributed by atoms with Crippen molar-refractivity contribution >= 4 is 5.69 Å². The van der Waals surface area contributed by atoms with Crippen LogP contribution in [0, 0.1) is 0 Å². The summed E-state index contributed by atoms with van der Waals surface area (Å²) in [7, 11) is 0. The number of hydrogen-bond donors (Lipinski definition) is 1. The Hall–Kier alpha value is -1.88. The summed E-state index contributed by atoms with van der Waals surface area (Å²) in [4.78, 5) is 6.80. The second-order valence-corrected chi connectivity index (χ2v) is 5.67. The molecule has 0 aliphatic heterocycles. The van der Waals surface area contributed by atoms with Gasteiger partial charge in [-0.05, 0) is 44.5 Å². The van der Waals surface area contributed by atoms with Gasteiger partial charge in [0.15, 0.2) is 0 Å². The molecule has 0 saturated heterocycles. The number of anilines is 1. The summed E-state index contributed by atoms with van der Waals surface area (Å²) < 4.78 is 1.99. The molecule has 0 bridgehead atoms. The average molecular weight is 287 g/mol. The molecule has 2 rings (SSSR count). The molecule has 1 heterocycles. The van der Waals surface area contributed by atoms with Gasteiger partial charge in [0.2, 0.25) is 0 Å². The number of nitrogens with zero attached hydrogens (tertiary/aromatic N) is 4. The third-order valence-electron chi connectivity index (χ3n) is 3.43. The van der Waals surface area contributed by atoms with Crippen LogP contribution in [0.25, 0.3) is 0 Å². The van der Waals surface area contributed by atoms with Crippen LogP contribution in [-0.2, 0) is 13.1 Å². The van der Waals surface area contributed by atoms with E-state index in [1.807, 2.05) is 16.8 Å². The molecule has 5 heteroatoms. The standard InChI is InChI=1S/C16H25N5/c1-4-9-20(10-14-5-7-15(17)8-6-14)11-16-18-12-19-21(16)13(2)3/h5-8,12-13H,4,9-11,17H2,1-3H3. The summed E-state index contributed by atoms with van der Waals surface area (Å²) in [6.07, 6.45) is 2.76. The lowest BCUT2D eigenvalue weighted by Crippen LogP contribution is -2.26. The Morgan fingerprint density at radius 1 is 1.19 bits per heavy atom. The van der Waals surface area contributed by atoms with Crippen molar-refractivity contribution in [3.05, 3.63) is 42.0 Å². The Kier molecular flexibility index (Phi) is 5.33. The highest BCUT2D eigenvalue weighted by Crippen LogP contribution is 2.13. The first-order valence-electron chi connectivity index (χ1n) is 7.55. The van der Waals surface area contributed by atoms with Crippen molar-refractivity contribution in [3.63, 3.8) is 0 Å². The monoisotopic (exact) mass is 287 g/mol. The van der Waals surface area contributed by atoms with Crippen LogP contribution in [0.5, 0.6) is 0 Å². The molecule has 2 N–H and O–H groups in total. The summed E-state index contributed by atoms with van der Waals surface area (Å²) in [6.45, 7) is 9.21. The molecule has 0 saturated carbocycles. The summed E-state index contributed by atoms with van der Waals surface area (Å²) in [5.41, 5.74) is 7.82. The molecule has 21 heavy (non-hydrogen) atoms. The van der Waals surface area contributed by atoms with Crippen molar-refractivity contribution in [2.24, 2.45) is 0 Å². The number of nitrogen functional groups attached to an aromatic ring is 1. The number of hydrogen-bond acceptors (Lipinski definition) is 4. The van der Waals surface area contributed by atoms with Gasteiger partial charge in [0.05, 0.1) is 6.54 Å². The Bertz CT molecular complexity index is 544. The molecule has 2 aromatic rings. The van der Waals surface area contributed by atoms with Crippen LogP contribution >= 0.6 is 0 Å². The highest BCUT2D eigenvalue weighted by molar-refractivity contribution is 5.39. The molecule has 1 aromatic heterocycles. The van der Waals surface area contributed by atoms with E-state index in [1.165, 1.54) is 5.56 Å². The van der Waals surface area contributed by atoms with Crippen molar-refractivity contribution in [1.29, 1.82) is 0 Å². The minimum absolute atomic E-state index is 0.336. The number of rotatable bonds is 7. The Balaban J connectivity index is 2.08. The lowest BCUT2D eigenvalue weighted by Gasteiger charge is -2.22. The zero-order valence-corrected chi connectivity index (χ0v) is 13.2. The summed E-state index contributed by atoms with van der Waals surface area (Å²) in [5.74, 6) is 1.02. The average Bonchev–Trinajstić information content (AvgIpc) is 2.90. The molecule has 0 atom stereocenters. The normalized spacial score (nSPS) is 11.5. The maximum Gasteiger partial charge on any atom is 0.141 e. The van der Waals surface area contributed by atoms with E-state index in [9.17, 15) is 0 Å². The van der Waals surface area contributed by atoms with Crippen LogP contribution in [0.4, 0.5) is 5.69 Å². The summed E-state index contributed by atoms with van der Waals surface area (Å²) >= 11 is 0. The number of nitrogens with two attached hydrogens (primary N) is 1. The van der Waals surface area contributed by atoms with Gasteiger partial charge < -0.3 is 5.73 Å². The van der Waals surface area contributed by atoms with Gasteiger partial charge in [0, 0.05) is 18.3 Å². The van der Waals surface area contributed by atoms with E-state index in [0.29, 0.717) is 6.04 Å². The zero-order chi connectivity index (χ0) is 15.2. The Labute approximate surface area is 126 Å². The molecular weight excluding hydrogens is 262 g/mol. The van der Waals surface area contributed by atoms with Crippen LogP contribution < -0.4 is 5.73 Å². The first-order chi connectivity index (χ1) is 10.1. The van der Waals surface area contributed by atoms with Crippen LogP contribution in [0.2, 0.25) is 0 Å². The van der Waals surface area contributed by atoms with E-state index < -0.39 is 0 Å². The molecule has 0 fully saturated rings. The van der Waals surface area contributed by atoms with Gasteiger partial charge >= 0.3 is 0 Å². The van der Waals surface area contributed by atoms with E-state index in [0.717, 1.165) is 37.6 Å². The fourth-order valence-corrected chi connectivity index (χ4v) is 2.43. The largest absolute Gasteiger partial charge is 0.399 e. The lowest BCUT2D eigenvalue weighted by molar-refractivity contribution is 0.243. The molecule has 0 aliphatic rings. The maximum absolute atomic E-state index is 5.74. The van der Waals surface area contributed by atoms with Crippen molar-refractivity contribution in [2.45, 2.75) is 46.3 Å². The fraction of sp³-hybridized carbons (Fsp3) is 0.500. The van der Waals surface area contributed by atoms with Gasteiger partial charge in [0.25, 0.3) is 0 Å². The number of aromatic nitrogens is 3. The van der Waals surface area contributed by atoms with Gasteiger partial charge in [-0.3, -0.25) is 4.90 Å². The fourth-order valence-electron chi connectivity index (χ4n) is 2.43. The van der Waals surface area contributed by atoms with Crippen molar-refractivity contribution in [1.82, 2.24) is 19.7 Å². The van der Waals surface area contributed by atoms with E-state index in [2.05, 4.69) is 47.9 Å². The summed E-state index contributed by atoms with van der Waals surface area (Å²) in [6, 6.07) is 8.42. The lowest BCUT2D eigenvalue weighted by atomic mass is 10.2. The van der Waals surface area contributed by atoms with E-state index in [-0.39, 0.29) is 0 Å². The molecule has 0 unspecified atom stereocenters. The minimum atomic E-state index is 0.336. The van der Waals surface area contributed by atoms with Crippen LogP contribution in [0.1, 0.15) is 44.6 Å². The first kappa shape index (κ1) is 15.5. The Morgan fingerprint density at radius 2 is 1.90 bits per heavy atom. The number of benzene rings is 1. The molecule has 0 radical (unpaired) electrons. The molecule has 0 aliphatic carbocycles. The van der Waals surface area contributed by atoms with Gasteiger partial charge in [-0.2, -0.15) is 5.10 Å². The molecule has 0 spiro atoms. The maximum atomic E-state index is 5.74.